The summed E-state index contributed by atoms with van der Waals surface area (Å²) < 4.78 is 0. The molecule has 0 N–H and O–H groups in total. The van der Waals surface area contributed by atoms with E-state index in [1.165, 1.54) is 18.4 Å². The van der Waals surface area contributed by atoms with E-state index in [1.807, 2.05) is 6.08 Å². The lowest BCUT2D eigenvalue weighted by Gasteiger charge is -2.27. The first kappa shape index (κ1) is 13.2. The van der Waals surface area contributed by atoms with Crippen LogP contribution in [0.5, 0.6) is 0 Å². The Morgan fingerprint density at radius 2 is 2.25 bits per heavy atom. The Morgan fingerprint density at radius 1 is 1.56 bits per heavy atom. The summed E-state index contributed by atoms with van der Waals surface area (Å²) in [6.07, 6.45) is 8.57. The Labute approximate surface area is 99.6 Å². The summed E-state index contributed by atoms with van der Waals surface area (Å²) in [5, 5.41) is 0. The molecule has 0 saturated heterocycles. The van der Waals surface area contributed by atoms with Crippen LogP contribution in [-0.2, 0) is 4.79 Å². The van der Waals surface area contributed by atoms with Crippen molar-refractivity contribution in [2.75, 3.05) is 0 Å². The van der Waals surface area contributed by atoms with Gasteiger partial charge in [-0.1, -0.05) is 31.9 Å². The van der Waals surface area contributed by atoms with E-state index in [4.69, 9.17) is 0 Å². The second-order valence-corrected chi connectivity index (χ2v) is 5.17. The van der Waals surface area contributed by atoms with Crippen molar-refractivity contribution in [2.24, 2.45) is 5.41 Å². The zero-order valence-corrected chi connectivity index (χ0v) is 10.9. The molecule has 0 radical (unpaired) electrons. The maximum Gasteiger partial charge on any atom is 0.155 e. The van der Waals surface area contributed by atoms with E-state index in [1.54, 1.807) is 6.92 Å². The number of hydrogen-bond donors (Lipinski definition) is 0. The molecule has 90 valence electrons. The molecule has 1 atom stereocenters. The van der Waals surface area contributed by atoms with Gasteiger partial charge in [-0.25, -0.2) is 0 Å². The molecule has 0 unspecified atom stereocenters. The molecular formula is C15H24O. The van der Waals surface area contributed by atoms with Crippen LogP contribution < -0.4 is 0 Å². The number of carbonyl (C=O) groups excluding carboxylic acids is 1. The van der Waals surface area contributed by atoms with Gasteiger partial charge < -0.3 is 0 Å². The summed E-state index contributed by atoms with van der Waals surface area (Å²) in [7, 11) is 0. The second-order valence-electron chi connectivity index (χ2n) is 5.17. The Kier molecular flexibility index (Phi) is 4.52. The van der Waals surface area contributed by atoms with Crippen LogP contribution in [0.2, 0.25) is 0 Å². The van der Waals surface area contributed by atoms with Crippen molar-refractivity contribution in [3.63, 3.8) is 0 Å². The van der Waals surface area contributed by atoms with E-state index in [-0.39, 0.29) is 11.2 Å². The number of allylic oxidation sites excluding steroid dienone is 3. The highest BCUT2D eigenvalue weighted by Gasteiger charge is 2.36. The average molecular weight is 220 g/mol. The van der Waals surface area contributed by atoms with Crippen LogP contribution in [-0.4, -0.2) is 5.78 Å². The Balaban J connectivity index is 2.97. The predicted octanol–water partition coefficient (Wildman–Crippen LogP) is 4.44. The van der Waals surface area contributed by atoms with Crippen molar-refractivity contribution in [3.05, 3.63) is 23.8 Å². The average Bonchev–Trinajstić information content (AvgIpc) is 2.53. The number of ketones is 1. The fraction of sp³-hybridized carbons (Fsp3) is 0.667. The molecule has 1 heteroatoms. The van der Waals surface area contributed by atoms with Gasteiger partial charge in [0.1, 0.15) is 0 Å². The van der Waals surface area contributed by atoms with Gasteiger partial charge in [-0.15, -0.1) is 6.58 Å². The largest absolute Gasteiger partial charge is 0.295 e. The normalized spacial score (nSPS) is 24.9. The minimum absolute atomic E-state index is 0.206. The number of hydrogen-bond acceptors (Lipinski definition) is 1. The lowest BCUT2D eigenvalue weighted by atomic mass is 9.77. The lowest BCUT2D eigenvalue weighted by molar-refractivity contribution is -0.113. The monoisotopic (exact) mass is 220 g/mol. The Bertz CT molecular complexity index is 311. The standard InChI is InChI=1S/C15H24O/c1-5-7-8-14-13(12(3)16)9-11-15(14,4)10-6-2/h6H,2,5,7-11H2,1,3-4H3/t15-/m1/s1. The van der Waals surface area contributed by atoms with Crippen molar-refractivity contribution in [1.29, 1.82) is 0 Å². The number of unbranched alkanes of at least 4 members (excludes halogenated alkanes) is 1. The molecule has 0 aromatic heterocycles. The maximum atomic E-state index is 11.6. The van der Waals surface area contributed by atoms with Gasteiger partial charge in [-0.3, -0.25) is 4.79 Å². The second kappa shape index (κ2) is 5.47. The molecule has 1 nitrogen and oxygen atoms in total. The van der Waals surface area contributed by atoms with E-state index in [0.29, 0.717) is 0 Å². The van der Waals surface area contributed by atoms with Crippen LogP contribution in [0.1, 0.15) is 59.3 Å². The number of rotatable bonds is 6. The number of carbonyl (C=O) groups is 1. The highest BCUT2D eigenvalue weighted by Crippen LogP contribution is 2.47. The predicted molar refractivity (Wildman–Crippen MR) is 69.4 cm³/mol. The molecule has 0 bridgehead atoms. The molecular weight excluding hydrogens is 196 g/mol. The molecule has 0 saturated carbocycles. The van der Waals surface area contributed by atoms with Crippen molar-refractivity contribution in [2.45, 2.75) is 59.3 Å². The van der Waals surface area contributed by atoms with Crippen molar-refractivity contribution in [3.8, 4) is 0 Å². The van der Waals surface area contributed by atoms with E-state index in [2.05, 4.69) is 20.4 Å². The smallest absolute Gasteiger partial charge is 0.155 e. The van der Waals surface area contributed by atoms with Crippen LogP contribution in [0.3, 0.4) is 0 Å². The summed E-state index contributed by atoms with van der Waals surface area (Å²) in [6, 6.07) is 0. The Hall–Kier alpha value is -0.850. The first-order valence-corrected chi connectivity index (χ1v) is 6.39. The third-order valence-electron chi connectivity index (χ3n) is 3.82. The van der Waals surface area contributed by atoms with Crippen molar-refractivity contribution >= 4 is 5.78 Å². The molecule has 1 rings (SSSR count). The fourth-order valence-corrected chi connectivity index (χ4v) is 2.81. The summed E-state index contributed by atoms with van der Waals surface area (Å²) in [6.45, 7) is 10.0. The van der Waals surface area contributed by atoms with Gasteiger partial charge in [0, 0.05) is 0 Å². The van der Waals surface area contributed by atoms with Gasteiger partial charge in [-0.2, -0.15) is 0 Å². The summed E-state index contributed by atoms with van der Waals surface area (Å²) in [5.41, 5.74) is 2.73. The first-order valence-electron chi connectivity index (χ1n) is 6.39. The lowest BCUT2D eigenvalue weighted by Crippen LogP contribution is -2.15. The highest BCUT2D eigenvalue weighted by atomic mass is 16.1. The molecule has 0 aromatic carbocycles. The van der Waals surface area contributed by atoms with Gasteiger partial charge >= 0.3 is 0 Å². The topological polar surface area (TPSA) is 17.1 Å². The summed E-state index contributed by atoms with van der Waals surface area (Å²) in [5.74, 6) is 0.277. The van der Waals surface area contributed by atoms with Gasteiger partial charge in [0.15, 0.2) is 5.78 Å². The fourth-order valence-electron chi connectivity index (χ4n) is 2.81. The Morgan fingerprint density at radius 3 is 2.75 bits per heavy atom. The van der Waals surface area contributed by atoms with Crippen LogP contribution in [0.25, 0.3) is 0 Å². The molecule has 0 spiro atoms. The quantitative estimate of drug-likeness (QED) is 0.605. The van der Waals surface area contributed by atoms with Gasteiger partial charge in [0.05, 0.1) is 0 Å². The SMILES string of the molecule is C=CC[C@]1(C)CCC(C(C)=O)=C1CCCC. The number of Topliss-reactive ketones (excluding diaryl/α,β-unsaturated/α-hetero) is 1. The minimum atomic E-state index is 0.206. The molecule has 0 heterocycles. The van der Waals surface area contributed by atoms with E-state index >= 15 is 0 Å². The molecule has 0 aliphatic heterocycles. The molecule has 0 fully saturated rings. The van der Waals surface area contributed by atoms with Crippen LogP contribution in [0.4, 0.5) is 0 Å². The zero-order chi connectivity index (χ0) is 12.2. The minimum Gasteiger partial charge on any atom is -0.295 e. The van der Waals surface area contributed by atoms with Crippen LogP contribution in [0.15, 0.2) is 23.8 Å². The first-order chi connectivity index (χ1) is 7.55. The molecule has 0 amide bonds. The van der Waals surface area contributed by atoms with Crippen LogP contribution >= 0.6 is 0 Å². The molecule has 0 aromatic rings. The van der Waals surface area contributed by atoms with E-state index in [9.17, 15) is 4.79 Å². The van der Waals surface area contributed by atoms with Crippen LogP contribution in [0, 0.1) is 5.41 Å². The molecule has 1 aliphatic carbocycles. The van der Waals surface area contributed by atoms with Gasteiger partial charge in [0.2, 0.25) is 0 Å². The third kappa shape index (κ3) is 2.63. The summed E-state index contributed by atoms with van der Waals surface area (Å²) in [4.78, 5) is 11.6. The summed E-state index contributed by atoms with van der Waals surface area (Å²) >= 11 is 0. The van der Waals surface area contributed by atoms with Crippen molar-refractivity contribution < 1.29 is 4.79 Å². The highest BCUT2D eigenvalue weighted by molar-refractivity contribution is 5.94. The van der Waals surface area contributed by atoms with Gasteiger partial charge in [0.25, 0.3) is 0 Å². The molecule has 16 heavy (non-hydrogen) atoms. The van der Waals surface area contributed by atoms with Crippen molar-refractivity contribution in [1.82, 2.24) is 0 Å². The zero-order valence-electron chi connectivity index (χ0n) is 10.9. The van der Waals surface area contributed by atoms with E-state index in [0.717, 1.165) is 31.3 Å². The van der Waals surface area contributed by atoms with Gasteiger partial charge in [-0.05, 0) is 50.0 Å². The molecule has 1 aliphatic rings. The maximum absolute atomic E-state index is 11.6. The van der Waals surface area contributed by atoms with E-state index < -0.39 is 0 Å². The third-order valence-corrected chi connectivity index (χ3v) is 3.82.